The van der Waals surface area contributed by atoms with Crippen molar-refractivity contribution >= 4 is 22.1 Å². The quantitative estimate of drug-likeness (QED) is 0.540. The fraction of sp³-hybridized carbons (Fsp3) is 0.176. The van der Waals surface area contributed by atoms with Crippen LogP contribution in [-0.2, 0) is 6.42 Å². The molecule has 0 aliphatic rings. The molecule has 0 saturated carbocycles. The number of aromatic amines is 2. The predicted molar refractivity (Wildman–Crippen MR) is 87.4 cm³/mol. The van der Waals surface area contributed by atoms with E-state index < -0.39 is 0 Å². The zero-order chi connectivity index (χ0) is 14.9. The summed E-state index contributed by atoms with van der Waals surface area (Å²) in [4.78, 5) is 15.8. The van der Waals surface area contributed by atoms with Crippen molar-refractivity contribution in [3.63, 3.8) is 0 Å². The molecule has 2 aromatic carbocycles. The monoisotopic (exact) mass is 291 g/mol. The maximum atomic E-state index is 6.27. The van der Waals surface area contributed by atoms with E-state index in [0.29, 0.717) is 0 Å². The second kappa shape index (κ2) is 5.27. The highest BCUT2D eigenvalue weighted by molar-refractivity contribution is 5.75. The lowest BCUT2D eigenvalue weighted by Crippen LogP contribution is -2.13. The summed E-state index contributed by atoms with van der Waals surface area (Å²) >= 11 is 0. The predicted octanol–water partition coefficient (Wildman–Crippen LogP) is 3.07. The number of imidazole rings is 2. The smallest absolute Gasteiger partial charge is 0.124 e. The van der Waals surface area contributed by atoms with Gasteiger partial charge in [-0.2, -0.15) is 0 Å². The number of para-hydroxylation sites is 4. The maximum absolute atomic E-state index is 6.27. The number of hydrogen-bond donors (Lipinski definition) is 3. The van der Waals surface area contributed by atoms with Gasteiger partial charge in [0.1, 0.15) is 11.6 Å². The number of benzene rings is 2. The molecule has 0 unspecified atom stereocenters. The number of fused-ring (bicyclic) bond motifs is 2. The molecule has 4 N–H and O–H groups in total. The SMILES string of the molecule is N[C@@H](CCc1nc2ccccc2[nH]1)c1nc2ccccc2[nH]1. The third-order valence-electron chi connectivity index (χ3n) is 3.89. The van der Waals surface area contributed by atoms with Gasteiger partial charge in [-0.25, -0.2) is 9.97 Å². The van der Waals surface area contributed by atoms with Crippen LogP contribution in [0.2, 0.25) is 0 Å². The van der Waals surface area contributed by atoms with Crippen molar-refractivity contribution in [2.24, 2.45) is 5.73 Å². The summed E-state index contributed by atoms with van der Waals surface area (Å²) in [6.07, 6.45) is 1.59. The van der Waals surface area contributed by atoms with Crippen molar-refractivity contribution in [1.29, 1.82) is 0 Å². The van der Waals surface area contributed by atoms with Crippen LogP contribution >= 0.6 is 0 Å². The second-order valence-corrected chi connectivity index (χ2v) is 5.49. The van der Waals surface area contributed by atoms with Gasteiger partial charge in [0.15, 0.2) is 0 Å². The molecule has 2 heterocycles. The van der Waals surface area contributed by atoms with Crippen molar-refractivity contribution in [3.8, 4) is 0 Å². The summed E-state index contributed by atoms with van der Waals surface area (Å²) in [5, 5.41) is 0. The minimum absolute atomic E-state index is 0.124. The third kappa shape index (κ3) is 2.35. The minimum atomic E-state index is -0.124. The van der Waals surface area contributed by atoms with Crippen molar-refractivity contribution in [2.45, 2.75) is 18.9 Å². The van der Waals surface area contributed by atoms with Crippen LogP contribution in [0.1, 0.15) is 24.1 Å². The Balaban J connectivity index is 1.50. The van der Waals surface area contributed by atoms with Crippen molar-refractivity contribution < 1.29 is 0 Å². The molecule has 22 heavy (non-hydrogen) atoms. The van der Waals surface area contributed by atoms with E-state index in [1.807, 2.05) is 48.5 Å². The molecule has 0 spiro atoms. The Morgan fingerprint density at radius 1 is 0.864 bits per heavy atom. The first-order chi connectivity index (χ1) is 10.8. The van der Waals surface area contributed by atoms with Crippen molar-refractivity contribution in [1.82, 2.24) is 19.9 Å². The maximum Gasteiger partial charge on any atom is 0.124 e. The zero-order valence-corrected chi connectivity index (χ0v) is 12.1. The third-order valence-corrected chi connectivity index (χ3v) is 3.89. The van der Waals surface area contributed by atoms with Gasteiger partial charge in [-0.15, -0.1) is 0 Å². The number of nitrogens with two attached hydrogens (primary N) is 1. The van der Waals surface area contributed by atoms with E-state index in [9.17, 15) is 0 Å². The van der Waals surface area contributed by atoms with Crippen LogP contribution in [-0.4, -0.2) is 19.9 Å². The van der Waals surface area contributed by atoms with Crippen LogP contribution in [0.5, 0.6) is 0 Å². The first-order valence-corrected chi connectivity index (χ1v) is 7.43. The Bertz CT molecular complexity index is 855. The molecule has 110 valence electrons. The lowest BCUT2D eigenvalue weighted by Gasteiger charge is -2.06. The average molecular weight is 291 g/mol. The molecule has 0 bridgehead atoms. The Morgan fingerprint density at radius 2 is 1.50 bits per heavy atom. The van der Waals surface area contributed by atoms with Gasteiger partial charge < -0.3 is 15.7 Å². The van der Waals surface area contributed by atoms with Gasteiger partial charge in [0.05, 0.1) is 28.1 Å². The topological polar surface area (TPSA) is 83.4 Å². The molecule has 0 aliphatic carbocycles. The number of hydrogen-bond acceptors (Lipinski definition) is 3. The van der Waals surface area contributed by atoms with Gasteiger partial charge in [0, 0.05) is 6.42 Å². The summed E-state index contributed by atoms with van der Waals surface area (Å²) < 4.78 is 0. The van der Waals surface area contributed by atoms with Gasteiger partial charge in [0.25, 0.3) is 0 Å². The van der Waals surface area contributed by atoms with E-state index >= 15 is 0 Å². The molecule has 0 amide bonds. The second-order valence-electron chi connectivity index (χ2n) is 5.49. The molecule has 2 aromatic heterocycles. The molecule has 1 atom stereocenters. The highest BCUT2D eigenvalue weighted by Crippen LogP contribution is 2.18. The number of rotatable bonds is 4. The van der Waals surface area contributed by atoms with Gasteiger partial charge in [-0.3, -0.25) is 0 Å². The lowest BCUT2D eigenvalue weighted by atomic mass is 10.1. The van der Waals surface area contributed by atoms with E-state index in [-0.39, 0.29) is 6.04 Å². The molecule has 0 fully saturated rings. The highest BCUT2D eigenvalue weighted by Gasteiger charge is 2.12. The van der Waals surface area contributed by atoms with E-state index in [1.54, 1.807) is 0 Å². The average Bonchev–Trinajstić information content (AvgIpc) is 3.15. The Kier molecular flexibility index (Phi) is 3.12. The summed E-state index contributed by atoms with van der Waals surface area (Å²) in [5.41, 5.74) is 10.3. The number of aromatic nitrogens is 4. The number of aryl methyl sites for hydroxylation is 1. The normalized spacial score (nSPS) is 13.0. The summed E-state index contributed by atoms with van der Waals surface area (Å²) in [7, 11) is 0. The van der Waals surface area contributed by atoms with Gasteiger partial charge in [-0.05, 0) is 30.7 Å². The first-order valence-electron chi connectivity index (χ1n) is 7.43. The standard InChI is InChI=1S/C17H17N5/c18-11(17-21-14-7-3-4-8-15(14)22-17)9-10-16-19-12-5-1-2-6-13(12)20-16/h1-8,11H,9-10,18H2,(H,19,20)(H,21,22)/t11-/m0/s1. The van der Waals surface area contributed by atoms with Crippen LogP contribution in [0.3, 0.4) is 0 Å². The molecule has 5 nitrogen and oxygen atoms in total. The molecular weight excluding hydrogens is 274 g/mol. The van der Waals surface area contributed by atoms with Crippen LogP contribution in [0, 0.1) is 0 Å². The van der Waals surface area contributed by atoms with Gasteiger partial charge >= 0.3 is 0 Å². The van der Waals surface area contributed by atoms with Crippen LogP contribution in [0.4, 0.5) is 0 Å². The number of nitrogens with one attached hydrogen (secondary N) is 2. The Morgan fingerprint density at radius 3 is 2.18 bits per heavy atom. The zero-order valence-electron chi connectivity index (χ0n) is 12.1. The van der Waals surface area contributed by atoms with Crippen LogP contribution in [0.15, 0.2) is 48.5 Å². The minimum Gasteiger partial charge on any atom is -0.342 e. The molecule has 0 saturated heterocycles. The molecule has 4 rings (SSSR count). The summed E-state index contributed by atoms with van der Waals surface area (Å²) in [5.74, 6) is 1.80. The van der Waals surface area contributed by atoms with Crippen molar-refractivity contribution in [2.75, 3.05) is 0 Å². The molecule has 0 radical (unpaired) electrons. The van der Waals surface area contributed by atoms with Gasteiger partial charge in [0.2, 0.25) is 0 Å². The molecule has 0 aliphatic heterocycles. The summed E-state index contributed by atoms with van der Waals surface area (Å²) in [6.45, 7) is 0. The van der Waals surface area contributed by atoms with E-state index in [1.165, 1.54) is 0 Å². The van der Waals surface area contributed by atoms with Crippen LogP contribution in [0.25, 0.3) is 22.1 Å². The van der Waals surface area contributed by atoms with E-state index in [0.717, 1.165) is 46.6 Å². The molecule has 4 aromatic rings. The fourth-order valence-electron chi connectivity index (χ4n) is 2.70. The van der Waals surface area contributed by atoms with E-state index in [4.69, 9.17) is 5.73 Å². The Labute approximate surface area is 127 Å². The Hall–Kier alpha value is -2.66. The number of nitrogens with zero attached hydrogens (tertiary/aromatic N) is 2. The number of H-pyrrole nitrogens is 2. The van der Waals surface area contributed by atoms with Crippen molar-refractivity contribution in [3.05, 3.63) is 60.2 Å². The highest BCUT2D eigenvalue weighted by atomic mass is 15.0. The molecule has 5 heteroatoms. The molecular formula is C17H17N5. The van der Waals surface area contributed by atoms with Crippen LogP contribution < -0.4 is 5.73 Å². The largest absolute Gasteiger partial charge is 0.342 e. The lowest BCUT2D eigenvalue weighted by molar-refractivity contribution is 0.611. The first kappa shape index (κ1) is 13.0. The van der Waals surface area contributed by atoms with Gasteiger partial charge in [-0.1, -0.05) is 24.3 Å². The fourth-order valence-corrected chi connectivity index (χ4v) is 2.70. The van der Waals surface area contributed by atoms with E-state index in [2.05, 4.69) is 19.9 Å². The summed E-state index contributed by atoms with van der Waals surface area (Å²) in [6, 6.07) is 15.9.